The number of methoxy groups -OCH3 is 1. The number of hydrogen-bond acceptors (Lipinski definition) is 6. The minimum absolute atomic E-state index is 0.239. The number of amides is 1. The number of nitrogens with one attached hydrogen (secondary N) is 2. The van der Waals surface area contributed by atoms with E-state index in [1.165, 1.54) is 12.3 Å². The van der Waals surface area contributed by atoms with Crippen LogP contribution in [0.4, 0.5) is 11.6 Å². The molecule has 2 N–H and O–H groups in total. The predicted octanol–water partition coefficient (Wildman–Crippen LogP) is 1.47. The van der Waals surface area contributed by atoms with E-state index in [1.807, 2.05) is 0 Å². The maximum absolute atomic E-state index is 11.9. The second-order valence-corrected chi connectivity index (χ2v) is 4.30. The number of aromatic nitrogens is 2. The van der Waals surface area contributed by atoms with E-state index in [0.29, 0.717) is 24.4 Å². The standard InChI is InChI=1S/C15H15N5O2/c1-22-9-8-17-14(21)13-6-7-18-15(20-13)19-12-5-3-2-4-11(12)10-16/h2-7H,8-9H2,1H3,(H,17,21)(H,18,19,20). The molecule has 0 atom stereocenters. The van der Waals surface area contributed by atoms with Gasteiger partial charge in [0.15, 0.2) is 0 Å². The summed E-state index contributed by atoms with van der Waals surface area (Å²) in [7, 11) is 1.56. The number of rotatable bonds is 6. The molecule has 2 aromatic rings. The van der Waals surface area contributed by atoms with Crippen molar-refractivity contribution in [2.24, 2.45) is 0 Å². The van der Waals surface area contributed by atoms with Gasteiger partial charge in [0.1, 0.15) is 11.8 Å². The first-order valence-corrected chi connectivity index (χ1v) is 6.61. The summed E-state index contributed by atoms with van der Waals surface area (Å²) in [5, 5.41) is 14.7. The summed E-state index contributed by atoms with van der Waals surface area (Å²) in [6.07, 6.45) is 1.48. The fourth-order valence-electron chi connectivity index (χ4n) is 1.71. The molecule has 7 nitrogen and oxygen atoms in total. The summed E-state index contributed by atoms with van der Waals surface area (Å²) in [5.41, 5.74) is 1.30. The van der Waals surface area contributed by atoms with Crippen LogP contribution in [0.2, 0.25) is 0 Å². The van der Waals surface area contributed by atoms with Crippen molar-refractivity contribution >= 4 is 17.5 Å². The van der Waals surface area contributed by atoms with Crippen molar-refractivity contribution in [1.29, 1.82) is 5.26 Å². The van der Waals surface area contributed by atoms with E-state index < -0.39 is 0 Å². The van der Waals surface area contributed by atoms with Gasteiger partial charge in [-0.15, -0.1) is 0 Å². The average molecular weight is 297 g/mol. The predicted molar refractivity (Wildman–Crippen MR) is 80.7 cm³/mol. The molecule has 0 bridgehead atoms. The third-order valence-corrected chi connectivity index (χ3v) is 2.77. The van der Waals surface area contributed by atoms with Crippen molar-refractivity contribution in [3.8, 4) is 6.07 Å². The van der Waals surface area contributed by atoms with Crippen LogP contribution < -0.4 is 10.6 Å². The topological polar surface area (TPSA) is 99.9 Å². The molecular weight excluding hydrogens is 282 g/mol. The minimum atomic E-state index is -0.309. The monoisotopic (exact) mass is 297 g/mol. The van der Waals surface area contributed by atoms with Crippen LogP contribution in [0.1, 0.15) is 16.1 Å². The van der Waals surface area contributed by atoms with Gasteiger partial charge in [0.25, 0.3) is 5.91 Å². The smallest absolute Gasteiger partial charge is 0.270 e. The van der Waals surface area contributed by atoms with Gasteiger partial charge < -0.3 is 15.4 Å². The lowest BCUT2D eigenvalue weighted by Gasteiger charge is -2.08. The van der Waals surface area contributed by atoms with Crippen LogP contribution >= 0.6 is 0 Å². The molecule has 1 aromatic carbocycles. The van der Waals surface area contributed by atoms with Crippen molar-refractivity contribution in [3.05, 3.63) is 47.8 Å². The Morgan fingerprint density at radius 1 is 1.36 bits per heavy atom. The van der Waals surface area contributed by atoms with Gasteiger partial charge in [-0.2, -0.15) is 5.26 Å². The van der Waals surface area contributed by atoms with Gasteiger partial charge in [-0.25, -0.2) is 9.97 Å². The zero-order valence-corrected chi connectivity index (χ0v) is 12.0. The molecule has 0 aliphatic heterocycles. The van der Waals surface area contributed by atoms with Gasteiger partial charge in [0.2, 0.25) is 5.95 Å². The molecule has 22 heavy (non-hydrogen) atoms. The van der Waals surface area contributed by atoms with Crippen LogP contribution in [0, 0.1) is 11.3 Å². The van der Waals surface area contributed by atoms with E-state index in [2.05, 4.69) is 26.7 Å². The lowest BCUT2D eigenvalue weighted by molar-refractivity contribution is 0.0932. The van der Waals surface area contributed by atoms with Crippen LogP contribution in [0.15, 0.2) is 36.5 Å². The number of benzene rings is 1. The Bertz CT molecular complexity index is 696. The highest BCUT2D eigenvalue weighted by Crippen LogP contribution is 2.17. The molecule has 0 aliphatic carbocycles. The number of hydrogen-bond donors (Lipinski definition) is 2. The summed E-state index contributed by atoms with van der Waals surface area (Å²) >= 11 is 0. The number of anilines is 2. The molecule has 0 unspecified atom stereocenters. The minimum Gasteiger partial charge on any atom is -0.383 e. The van der Waals surface area contributed by atoms with Crippen LogP contribution in [-0.2, 0) is 4.74 Å². The summed E-state index contributed by atoms with van der Waals surface area (Å²) in [6, 6.07) is 10.6. The molecule has 0 saturated carbocycles. The average Bonchev–Trinajstić information content (AvgIpc) is 2.56. The van der Waals surface area contributed by atoms with E-state index >= 15 is 0 Å². The second-order valence-electron chi connectivity index (χ2n) is 4.30. The third-order valence-electron chi connectivity index (χ3n) is 2.77. The molecule has 0 saturated heterocycles. The summed E-state index contributed by atoms with van der Waals surface area (Å²) < 4.78 is 4.87. The number of para-hydroxylation sites is 1. The second kappa shape index (κ2) is 7.71. The van der Waals surface area contributed by atoms with Crippen molar-refractivity contribution < 1.29 is 9.53 Å². The molecule has 0 fully saturated rings. The van der Waals surface area contributed by atoms with E-state index in [9.17, 15) is 4.79 Å². The maximum atomic E-state index is 11.9. The Hall–Kier alpha value is -2.98. The van der Waals surface area contributed by atoms with Gasteiger partial charge in [-0.3, -0.25) is 4.79 Å². The molecule has 7 heteroatoms. The number of nitriles is 1. The highest BCUT2D eigenvalue weighted by Gasteiger charge is 2.09. The first-order valence-electron chi connectivity index (χ1n) is 6.61. The van der Waals surface area contributed by atoms with Gasteiger partial charge >= 0.3 is 0 Å². The fourth-order valence-corrected chi connectivity index (χ4v) is 1.71. The molecule has 1 amide bonds. The van der Waals surface area contributed by atoms with Gasteiger partial charge in [0.05, 0.1) is 17.9 Å². The third kappa shape index (κ3) is 4.01. The van der Waals surface area contributed by atoms with Gasteiger partial charge in [-0.05, 0) is 18.2 Å². The van der Waals surface area contributed by atoms with Crippen LogP contribution in [-0.4, -0.2) is 36.1 Å². The number of carbonyl (C=O) groups is 1. The summed E-state index contributed by atoms with van der Waals surface area (Å²) in [5.74, 6) is -0.0573. The summed E-state index contributed by atoms with van der Waals surface area (Å²) in [6.45, 7) is 0.830. The van der Waals surface area contributed by atoms with Crippen molar-refractivity contribution in [2.45, 2.75) is 0 Å². The lowest BCUT2D eigenvalue weighted by Crippen LogP contribution is -2.27. The van der Waals surface area contributed by atoms with E-state index in [-0.39, 0.29) is 17.5 Å². The van der Waals surface area contributed by atoms with Gasteiger partial charge in [0, 0.05) is 19.9 Å². The molecule has 0 spiro atoms. The van der Waals surface area contributed by atoms with Crippen molar-refractivity contribution in [1.82, 2.24) is 15.3 Å². The molecule has 0 radical (unpaired) electrons. The molecule has 2 rings (SSSR count). The Morgan fingerprint density at radius 3 is 2.95 bits per heavy atom. The quantitative estimate of drug-likeness (QED) is 0.783. The zero-order chi connectivity index (χ0) is 15.8. The van der Waals surface area contributed by atoms with Crippen molar-refractivity contribution in [2.75, 3.05) is 25.6 Å². The molecule has 112 valence electrons. The zero-order valence-electron chi connectivity index (χ0n) is 12.0. The van der Waals surface area contributed by atoms with Crippen LogP contribution in [0.3, 0.4) is 0 Å². The SMILES string of the molecule is COCCNC(=O)c1ccnc(Nc2ccccc2C#N)n1. The first-order chi connectivity index (χ1) is 10.7. The van der Waals surface area contributed by atoms with Crippen LogP contribution in [0.25, 0.3) is 0 Å². The molecule has 0 aliphatic rings. The van der Waals surface area contributed by atoms with E-state index in [4.69, 9.17) is 10.00 Å². The Labute approximate surface area is 128 Å². The van der Waals surface area contributed by atoms with Crippen LogP contribution in [0.5, 0.6) is 0 Å². The molecule has 1 aromatic heterocycles. The molecule has 1 heterocycles. The number of carbonyl (C=O) groups excluding carboxylic acids is 1. The Morgan fingerprint density at radius 2 is 2.18 bits per heavy atom. The largest absolute Gasteiger partial charge is 0.383 e. The Kier molecular flexibility index (Phi) is 5.40. The van der Waals surface area contributed by atoms with Crippen molar-refractivity contribution in [3.63, 3.8) is 0 Å². The Balaban J connectivity index is 2.12. The first kappa shape index (κ1) is 15.4. The lowest BCUT2D eigenvalue weighted by atomic mass is 10.2. The fraction of sp³-hybridized carbons (Fsp3) is 0.200. The highest BCUT2D eigenvalue weighted by molar-refractivity contribution is 5.92. The van der Waals surface area contributed by atoms with E-state index in [0.717, 1.165) is 0 Å². The normalized spacial score (nSPS) is 9.82. The highest BCUT2D eigenvalue weighted by atomic mass is 16.5. The number of ether oxygens (including phenoxy) is 1. The maximum Gasteiger partial charge on any atom is 0.270 e. The molecular formula is C15H15N5O2. The van der Waals surface area contributed by atoms with Gasteiger partial charge in [-0.1, -0.05) is 12.1 Å². The number of nitrogens with zero attached hydrogens (tertiary/aromatic N) is 3. The summed E-state index contributed by atoms with van der Waals surface area (Å²) in [4.78, 5) is 20.1. The van der Waals surface area contributed by atoms with E-state index in [1.54, 1.807) is 31.4 Å².